The van der Waals surface area contributed by atoms with E-state index in [9.17, 15) is 9.90 Å². The molecule has 1 saturated carbocycles. The number of nitrogens with two attached hydrogens (primary N) is 1. The van der Waals surface area contributed by atoms with Crippen LogP contribution in [0.3, 0.4) is 0 Å². The minimum Gasteiger partial charge on any atom is -0.394 e. The molecule has 122 valence electrons. The van der Waals surface area contributed by atoms with Crippen molar-refractivity contribution in [3.63, 3.8) is 0 Å². The number of aliphatic hydroxyl groups is 1. The first kappa shape index (κ1) is 16.5. The van der Waals surface area contributed by atoms with Crippen molar-refractivity contribution < 1.29 is 14.6 Å². The Kier molecular flexibility index (Phi) is 6.73. The van der Waals surface area contributed by atoms with Crippen molar-refractivity contribution in [2.24, 2.45) is 5.73 Å². The number of carbonyl (C=O) groups excluding carboxylic acids is 1. The van der Waals surface area contributed by atoms with Crippen LogP contribution in [0.5, 0.6) is 0 Å². The third kappa shape index (κ3) is 5.13. The number of hydrogen-bond acceptors (Lipinski definition) is 4. The lowest BCUT2D eigenvalue weighted by Crippen LogP contribution is -2.54. The minimum absolute atomic E-state index is 0.0740. The standard InChI is InChI=1S/C15H29N3O3/c16-9-8-12-6-7-13(14(10-19)21-12)18-15(20)17-11-4-2-1-3-5-11/h11-14,19H,1-10,16H2,(H2,17,18,20)/t12-,13-,14-/m0/s1. The van der Waals surface area contributed by atoms with Gasteiger partial charge in [-0.25, -0.2) is 4.79 Å². The summed E-state index contributed by atoms with van der Waals surface area (Å²) in [5.74, 6) is 0. The highest BCUT2D eigenvalue weighted by atomic mass is 16.5. The van der Waals surface area contributed by atoms with Crippen LogP contribution >= 0.6 is 0 Å². The van der Waals surface area contributed by atoms with E-state index in [1.54, 1.807) is 0 Å². The quantitative estimate of drug-likeness (QED) is 0.606. The molecule has 1 aliphatic carbocycles. The summed E-state index contributed by atoms with van der Waals surface area (Å²) < 4.78 is 5.81. The van der Waals surface area contributed by atoms with Gasteiger partial charge < -0.3 is 26.2 Å². The molecule has 1 heterocycles. The third-order valence-corrected chi connectivity index (χ3v) is 4.54. The highest BCUT2D eigenvalue weighted by Gasteiger charge is 2.31. The second-order valence-electron chi connectivity index (χ2n) is 6.19. The van der Waals surface area contributed by atoms with Crippen LogP contribution in [-0.2, 0) is 4.74 Å². The molecule has 0 unspecified atom stereocenters. The van der Waals surface area contributed by atoms with E-state index in [0.29, 0.717) is 12.6 Å². The van der Waals surface area contributed by atoms with Crippen LogP contribution in [0.4, 0.5) is 4.79 Å². The van der Waals surface area contributed by atoms with Gasteiger partial charge in [0.2, 0.25) is 0 Å². The Morgan fingerprint density at radius 3 is 2.57 bits per heavy atom. The Hall–Kier alpha value is -0.850. The number of amides is 2. The molecule has 0 spiro atoms. The lowest BCUT2D eigenvalue weighted by atomic mass is 9.95. The molecule has 2 rings (SSSR count). The van der Waals surface area contributed by atoms with E-state index in [-0.39, 0.29) is 30.9 Å². The summed E-state index contributed by atoms with van der Waals surface area (Å²) in [4.78, 5) is 12.1. The van der Waals surface area contributed by atoms with Crippen molar-refractivity contribution in [2.45, 2.75) is 75.7 Å². The summed E-state index contributed by atoms with van der Waals surface area (Å²) in [7, 11) is 0. The fourth-order valence-electron chi connectivity index (χ4n) is 3.34. The maximum absolute atomic E-state index is 12.1. The van der Waals surface area contributed by atoms with Crippen LogP contribution in [0.25, 0.3) is 0 Å². The zero-order chi connectivity index (χ0) is 15.1. The van der Waals surface area contributed by atoms with Gasteiger partial charge in [0.05, 0.1) is 18.8 Å². The highest BCUT2D eigenvalue weighted by molar-refractivity contribution is 5.74. The van der Waals surface area contributed by atoms with Gasteiger partial charge in [-0.3, -0.25) is 0 Å². The molecule has 5 N–H and O–H groups in total. The van der Waals surface area contributed by atoms with Crippen molar-refractivity contribution >= 4 is 6.03 Å². The van der Waals surface area contributed by atoms with Gasteiger partial charge in [0, 0.05) is 6.04 Å². The Balaban J connectivity index is 1.76. The summed E-state index contributed by atoms with van der Waals surface area (Å²) in [6.45, 7) is 0.512. The van der Waals surface area contributed by atoms with Gasteiger partial charge in [0.15, 0.2) is 0 Å². The first-order valence-corrected chi connectivity index (χ1v) is 8.26. The first-order valence-electron chi connectivity index (χ1n) is 8.26. The van der Waals surface area contributed by atoms with Crippen molar-refractivity contribution in [1.29, 1.82) is 0 Å². The Morgan fingerprint density at radius 2 is 1.90 bits per heavy atom. The molecule has 0 bridgehead atoms. The SMILES string of the molecule is NCC[C@@H]1CC[C@H](NC(=O)NC2CCCCC2)[C@H](CO)O1. The van der Waals surface area contributed by atoms with Gasteiger partial charge >= 0.3 is 6.03 Å². The van der Waals surface area contributed by atoms with Crippen molar-refractivity contribution in [2.75, 3.05) is 13.2 Å². The van der Waals surface area contributed by atoms with Crippen LogP contribution in [-0.4, -0.2) is 48.6 Å². The molecular weight excluding hydrogens is 270 g/mol. The van der Waals surface area contributed by atoms with Gasteiger partial charge in [-0.2, -0.15) is 0 Å². The average Bonchev–Trinajstić information content (AvgIpc) is 2.50. The van der Waals surface area contributed by atoms with Crippen LogP contribution in [0.15, 0.2) is 0 Å². The normalized spacial score (nSPS) is 30.9. The molecular formula is C15H29N3O3. The van der Waals surface area contributed by atoms with E-state index in [2.05, 4.69) is 10.6 Å². The van der Waals surface area contributed by atoms with Crippen LogP contribution in [0.1, 0.15) is 51.4 Å². The van der Waals surface area contributed by atoms with Crippen molar-refractivity contribution in [1.82, 2.24) is 10.6 Å². The fourth-order valence-corrected chi connectivity index (χ4v) is 3.34. The van der Waals surface area contributed by atoms with Gasteiger partial charge in [-0.05, 0) is 38.6 Å². The fraction of sp³-hybridized carbons (Fsp3) is 0.933. The van der Waals surface area contributed by atoms with E-state index < -0.39 is 0 Å². The zero-order valence-corrected chi connectivity index (χ0v) is 12.7. The van der Waals surface area contributed by atoms with Gasteiger partial charge in [0.1, 0.15) is 6.10 Å². The average molecular weight is 299 g/mol. The van der Waals surface area contributed by atoms with Gasteiger partial charge in [-0.1, -0.05) is 19.3 Å². The molecule has 1 aliphatic heterocycles. The summed E-state index contributed by atoms with van der Waals surface area (Å²) in [5, 5.41) is 15.5. The van der Waals surface area contributed by atoms with Crippen molar-refractivity contribution in [3.8, 4) is 0 Å². The second-order valence-corrected chi connectivity index (χ2v) is 6.19. The van der Waals surface area contributed by atoms with E-state index in [0.717, 1.165) is 32.1 Å². The van der Waals surface area contributed by atoms with Crippen LogP contribution in [0.2, 0.25) is 0 Å². The molecule has 0 aromatic rings. The van der Waals surface area contributed by atoms with E-state index in [1.165, 1.54) is 19.3 Å². The second kappa shape index (κ2) is 8.56. The smallest absolute Gasteiger partial charge is 0.315 e. The van der Waals surface area contributed by atoms with Crippen LogP contribution < -0.4 is 16.4 Å². The summed E-state index contributed by atoms with van der Waals surface area (Å²) in [6, 6.07) is 0.0414. The molecule has 1 saturated heterocycles. The number of urea groups is 1. The molecule has 6 heteroatoms. The predicted molar refractivity (Wildman–Crippen MR) is 81.0 cm³/mol. The molecule has 3 atom stereocenters. The lowest BCUT2D eigenvalue weighted by molar-refractivity contribution is -0.0884. The summed E-state index contributed by atoms with van der Waals surface area (Å²) >= 11 is 0. The monoisotopic (exact) mass is 299 g/mol. The molecule has 2 amide bonds. The summed E-state index contributed by atoms with van der Waals surface area (Å²) in [6.07, 6.45) is 8.07. The van der Waals surface area contributed by atoms with Crippen LogP contribution in [0, 0.1) is 0 Å². The maximum atomic E-state index is 12.1. The number of ether oxygens (including phenoxy) is 1. The highest BCUT2D eigenvalue weighted by Crippen LogP contribution is 2.22. The van der Waals surface area contributed by atoms with Gasteiger partial charge in [0.25, 0.3) is 0 Å². The maximum Gasteiger partial charge on any atom is 0.315 e. The first-order chi connectivity index (χ1) is 10.2. The predicted octanol–water partition coefficient (Wildman–Crippen LogP) is 0.876. The minimum atomic E-state index is -0.326. The number of rotatable bonds is 5. The Labute approximate surface area is 126 Å². The zero-order valence-electron chi connectivity index (χ0n) is 12.7. The molecule has 2 aliphatic rings. The Morgan fingerprint density at radius 1 is 1.14 bits per heavy atom. The molecule has 2 fully saturated rings. The lowest BCUT2D eigenvalue weighted by Gasteiger charge is -2.36. The van der Waals surface area contributed by atoms with Gasteiger partial charge in [-0.15, -0.1) is 0 Å². The van der Waals surface area contributed by atoms with Crippen molar-refractivity contribution in [3.05, 3.63) is 0 Å². The number of aliphatic hydroxyl groups excluding tert-OH is 1. The van der Waals surface area contributed by atoms with E-state index in [1.807, 2.05) is 0 Å². The third-order valence-electron chi connectivity index (χ3n) is 4.54. The summed E-state index contributed by atoms with van der Waals surface area (Å²) in [5.41, 5.74) is 5.54. The molecule has 0 aromatic carbocycles. The number of nitrogens with one attached hydrogen (secondary N) is 2. The topological polar surface area (TPSA) is 96.6 Å². The largest absolute Gasteiger partial charge is 0.394 e. The van der Waals surface area contributed by atoms with E-state index >= 15 is 0 Å². The molecule has 21 heavy (non-hydrogen) atoms. The molecule has 0 aromatic heterocycles. The number of hydrogen-bond donors (Lipinski definition) is 4. The molecule has 0 radical (unpaired) electrons. The molecule has 6 nitrogen and oxygen atoms in total. The number of carbonyl (C=O) groups is 1. The van der Waals surface area contributed by atoms with E-state index in [4.69, 9.17) is 10.5 Å². The Bertz CT molecular complexity index is 321.